The molecule has 160 valence electrons. The van der Waals surface area contributed by atoms with E-state index >= 15 is 0 Å². The fraction of sp³-hybridized carbons (Fsp3) is 0.952. The first-order chi connectivity index (χ1) is 13.0. The average molecular weight is 388 g/mol. The van der Waals surface area contributed by atoms with Gasteiger partial charge in [0, 0.05) is 12.5 Å². The summed E-state index contributed by atoms with van der Waals surface area (Å²) in [4.78, 5) is 11.2. The number of rotatable bonds is 7. The largest absolute Gasteiger partial charge is 0.450 e. The minimum atomic E-state index is -0.812. The second kappa shape index (κ2) is 13.3. The lowest BCUT2D eigenvalue weighted by Gasteiger charge is -2.41. The van der Waals surface area contributed by atoms with Gasteiger partial charge < -0.3 is 24.6 Å². The lowest BCUT2D eigenvalue weighted by atomic mass is 9.66. The topological polar surface area (TPSA) is 77.0 Å². The number of carbonyl (C=O) groups is 1. The summed E-state index contributed by atoms with van der Waals surface area (Å²) in [5.41, 5.74) is 0. The second-order valence-electron chi connectivity index (χ2n) is 7.51. The molecule has 2 N–H and O–H groups in total. The van der Waals surface area contributed by atoms with Crippen LogP contribution in [0.15, 0.2) is 0 Å². The van der Waals surface area contributed by atoms with Gasteiger partial charge in [-0.2, -0.15) is 0 Å². The highest BCUT2D eigenvalue weighted by Gasteiger charge is 2.40. The molecule has 0 bridgehead atoms. The standard InChI is InChI=1S/C19H35NO5.C2H6/c1-4-23-19(22)20-10-11-24-18(21)14(3)16-7-5-6-15-9-8-13(2)25-12-17(15)16;1-2/h13-18,21H,4-12H2,1-3H3,(H,20,22);1-2H3. The van der Waals surface area contributed by atoms with Gasteiger partial charge in [0.05, 0.1) is 25.9 Å². The van der Waals surface area contributed by atoms with Gasteiger partial charge in [-0.3, -0.25) is 0 Å². The van der Waals surface area contributed by atoms with Crippen molar-refractivity contribution in [2.75, 3.05) is 26.4 Å². The van der Waals surface area contributed by atoms with Crippen LogP contribution in [0.25, 0.3) is 0 Å². The van der Waals surface area contributed by atoms with Crippen molar-refractivity contribution in [2.24, 2.45) is 23.7 Å². The number of ether oxygens (including phenoxy) is 3. The quantitative estimate of drug-likeness (QED) is 0.511. The van der Waals surface area contributed by atoms with Crippen molar-refractivity contribution < 1.29 is 24.1 Å². The smallest absolute Gasteiger partial charge is 0.407 e. The molecule has 2 rings (SSSR count). The molecule has 2 aliphatic rings. The van der Waals surface area contributed by atoms with Crippen LogP contribution < -0.4 is 5.32 Å². The van der Waals surface area contributed by atoms with E-state index in [2.05, 4.69) is 19.2 Å². The molecule has 2 fully saturated rings. The van der Waals surface area contributed by atoms with Crippen LogP contribution in [0.5, 0.6) is 0 Å². The van der Waals surface area contributed by atoms with Crippen LogP contribution in [-0.2, 0) is 14.2 Å². The number of fused-ring (bicyclic) bond motifs is 1. The van der Waals surface area contributed by atoms with Crippen LogP contribution in [0.4, 0.5) is 4.79 Å². The van der Waals surface area contributed by atoms with Gasteiger partial charge in [-0.05, 0) is 50.9 Å². The van der Waals surface area contributed by atoms with Crippen molar-refractivity contribution in [3.8, 4) is 0 Å². The highest BCUT2D eigenvalue weighted by molar-refractivity contribution is 5.66. The van der Waals surface area contributed by atoms with Gasteiger partial charge in [-0.1, -0.05) is 33.6 Å². The molecule has 0 radical (unpaired) electrons. The molecule has 0 aromatic rings. The van der Waals surface area contributed by atoms with Crippen molar-refractivity contribution >= 4 is 6.09 Å². The summed E-state index contributed by atoms with van der Waals surface area (Å²) in [6.07, 6.45) is 5.09. The molecular weight excluding hydrogens is 346 g/mol. The molecule has 1 heterocycles. The van der Waals surface area contributed by atoms with Crippen LogP contribution in [0, 0.1) is 23.7 Å². The van der Waals surface area contributed by atoms with E-state index in [0.29, 0.717) is 37.0 Å². The van der Waals surface area contributed by atoms with Crippen molar-refractivity contribution in [1.29, 1.82) is 0 Å². The van der Waals surface area contributed by atoms with E-state index in [1.165, 1.54) is 19.3 Å². The number of nitrogens with one attached hydrogen (secondary N) is 1. The maximum atomic E-state index is 11.2. The summed E-state index contributed by atoms with van der Waals surface area (Å²) in [6.45, 7) is 11.7. The molecular formula is C21H41NO5. The molecule has 1 saturated heterocycles. The van der Waals surface area contributed by atoms with Gasteiger partial charge >= 0.3 is 6.09 Å². The minimum absolute atomic E-state index is 0.0624. The molecule has 6 heteroatoms. The van der Waals surface area contributed by atoms with Gasteiger partial charge in [-0.25, -0.2) is 4.79 Å². The van der Waals surface area contributed by atoms with Crippen molar-refractivity contribution in [2.45, 2.75) is 79.1 Å². The van der Waals surface area contributed by atoms with E-state index in [4.69, 9.17) is 14.2 Å². The first-order valence-corrected chi connectivity index (χ1v) is 10.8. The van der Waals surface area contributed by atoms with Crippen molar-refractivity contribution in [3.63, 3.8) is 0 Å². The molecule has 6 atom stereocenters. The Bertz CT molecular complexity index is 406. The molecule has 1 saturated carbocycles. The summed E-state index contributed by atoms with van der Waals surface area (Å²) < 4.78 is 16.3. The lowest BCUT2D eigenvalue weighted by molar-refractivity contribution is -0.154. The van der Waals surface area contributed by atoms with Crippen LogP contribution in [0.2, 0.25) is 0 Å². The zero-order chi connectivity index (χ0) is 20.2. The Labute approximate surface area is 165 Å². The van der Waals surface area contributed by atoms with Crippen LogP contribution in [-0.4, -0.2) is 50.0 Å². The number of alkyl carbamates (subject to hydrolysis) is 1. The number of aliphatic hydroxyl groups excluding tert-OH is 1. The summed E-state index contributed by atoms with van der Waals surface area (Å²) in [7, 11) is 0. The highest BCUT2D eigenvalue weighted by Crippen LogP contribution is 2.44. The molecule has 0 aromatic carbocycles. The van der Waals surface area contributed by atoms with Crippen LogP contribution in [0.3, 0.4) is 0 Å². The zero-order valence-corrected chi connectivity index (χ0v) is 17.9. The molecule has 1 amide bonds. The molecule has 1 aliphatic heterocycles. The number of hydrogen-bond donors (Lipinski definition) is 2. The number of amides is 1. The molecule has 27 heavy (non-hydrogen) atoms. The summed E-state index contributed by atoms with van der Waals surface area (Å²) in [5.74, 6) is 1.72. The Hall–Kier alpha value is -0.850. The molecule has 1 aliphatic carbocycles. The average Bonchev–Trinajstić information content (AvgIpc) is 2.88. The summed E-state index contributed by atoms with van der Waals surface area (Å²) >= 11 is 0. The molecule has 0 spiro atoms. The van der Waals surface area contributed by atoms with Gasteiger partial charge in [0.1, 0.15) is 0 Å². The van der Waals surface area contributed by atoms with Crippen LogP contribution >= 0.6 is 0 Å². The Morgan fingerprint density at radius 2 is 2.00 bits per heavy atom. The first-order valence-electron chi connectivity index (χ1n) is 10.8. The SMILES string of the molecule is CC.CCOC(=O)NCCOC(O)C(C)C1CCCC2CCC(C)OCC21. The normalized spacial score (nSPS) is 30.0. The van der Waals surface area contributed by atoms with Gasteiger partial charge in [0.2, 0.25) is 0 Å². The lowest BCUT2D eigenvalue weighted by Crippen LogP contribution is -2.40. The maximum absolute atomic E-state index is 11.2. The van der Waals surface area contributed by atoms with Crippen LogP contribution in [0.1, 0.15) is 66.7 Å². The van der Waals surface area contributed by atoms with E-state index in [-0.39, 0.29) is 12.5 Å². The van der Waals surface area contributed by atoms with Crippen molar-refractivity contribution in [3.05, 3.63) is 0 Å². The number of hydrogen-bond acceptors (Lipinski definition) is 5. The number of aliphatic hydroxyl groups is 1. The monoisotopic (exact) mass is 387 g/mol. The zero-order valence-electron chi connectivity index (χ0n) is 17.9. The van der Waals surface area contributed by atoms with Gasteiger partial charge in [-0.15, -0.1) is 0 Å². The van der Waals surface area contributed by atoms with Gasteiger partial charge in [0.25, 0.3) is 0 Å². The van der Waals surface area contributed by atoms with Crippen molar-refractivity contribution in [1.82, 2.24) is 5.32 Å². The van der Waals surface area contributed by atoms with E-state index in [0.717, 1.165) is 19.4 Å². The third-order valence-corrected chi connectivity index (χ3v) is 5.85. The van der Waals surface area contributed by atoms with E-state index < -0.39 is 12.4 Å². The fourth-order valence-electron chi connectivity index (χ4n) is 4.35. The summed E-state index contributed by atoms with van der Waals surface area (Å²) in [6, 6.07) is 0. The third-order valence-electron chi connectivity index (χ3n) is 5.85. The predicted molar refractivity (Wildman–Crippen MR) is 106 cm³/mol. The Morgan fingerprint density at radius 3 is 2.70 bits per heavy atom. The molecule has 0 aromatic heterocycles. The Kier molecular flexibility index (Phi) is 12.0. The third kappa shape index (κ3) is 7.96. The summed E-state index contributed by atoms with van der Waals surface area (Å²) in [5, 5.41) is 13.0. The minimum Gasteiger partial charge on any atom is -0.450 e. The Balaban J connectivity index is 0.00000176. The predicted octanol–water partition coefficient (Wildman–Crippen LogP) is 3.96. The van der Waals surface area contributed by atoms with E-state index in [1.54, 1.807) is 6.92 Å². The van der Waals surface area contributed by atoms with E-state index in [1.807, 2.05) is 13.8 Å². The number of carbonyl (C=O) groups excluding carboxylic acids is 1. The highest BCUT2D eigenvalue weighted by atomic mass is 16.6. The maximum Gasteiger partial charge on any atom is 0.407 e. The van der Waals surface area contributed by atoms with E-state index in [9.17, 15) is 9.90 Å². The fourth-order valence-corrected chi connectivity index (χ4v) is 4.35. The first kappa shape index (κ1) is 24.2. The molecule has 6 nitrogen and oxygen atoms in total. The molecule has 6 unspecified atom stereocenters. The Morgan fingerprint density at radius 1 is 1.26 bits per heavy atom. The second-order valence-corrected chi connectivity index (χ2v) is 7.51. The van der Waals surface area contributed by atoms with Gasteiger partial charge in [0.15, 0.2) is 6.29 Å².